The molecule has 378 valence electrons. The fourth-order valence-corrected chi connectivity index (χ4v) is 7.55. The van der Waals surface area contributed by atoms with Crippen LogP contribution in [0.3, 0.4) is 0 Å². The summed E-state index contributed by atoms with van der Waals surface area (Å²) in [5, 5.41) is 0. The monoisotopic (exact) mass is 917 g/mol. The standard InChI is InChI=1S/C61H104O5/c1-4-7-10-13-16-19-22-25-28-30-32-35-38-41-44-47-50-53-56-64-57-59(66-61(63)55-52-49-46-43-40-37-33-27-24-21-18-15-12-9-6-3)58-65-60(62)54-51-48-45-42-39-36-34-31-29-26-23-20-17-14-11-8-5-2/h7-8,10-11,16-17,19-20,25-26,28-29,32,35,41,44,59H,4-6,9,12-15,18,21-24,27,30-31,33-34,36-40,42-43,45-58H2,1-3H3/b10-7-,11-8-,19-16-,20-17-,28-25-,29-26-,35-32-,44-41-. The van der Waals surface area contributed by atoms with Crippen LogP contribution in [-0.4, -0.2) is 37.9 Å². The van der Waals surface area contributed by atoms with Crippen LogP contribution in [0, 0.1) is 0 Å². The third-order valence-electron chi connectivity index (χ3n) is 11.6. The molecule has 0 amide bonds. The summed E-state index contributed by atoms with van der Waals surface area (Å²) in [5.74, 6) is -0.429. The molecule has 1 unspecified atom stereocenters. The first-order valence-electron chi connectivity index (χ1n) is 27.8. The first kappa shape index (κ1) is 62.8. The van der Waals surface area contributed by atoms with Gasteiger partial charge in [-0.05, 0) is 96.3 Å². The number of ether oxygens (including phenoxy) is 3. The molecular weight excluding hydrogens is 813 g/mol. The van der Waals surface area contributed by atoms with E-state index < -0.39 is 6.10 Å². The van der Waals surface area contributed by atoms with Crippen LogP contribution in [0.1, 0.15) is 252 Å². The van der Waals surface area contributed by atoms with E-state index in [4.69, 9.17) is 14.2 Å². The number of hydrogen-bond acceptors (Lipinski definition) is 5. The molecule has 0 aromatic carbocycles. The molecule has 5 nitrogen and oxygen atoms in total. The number of rotatable bonds is 50. The Kier molecular flexibility index (Phi) is 53.4. The average molecular weight is 917 g/mol. The Bertz CT molecular complexity index is 1270. The predicted molar refractivity (Wildman–Crippen MR) is 288 cm³/mol. The minimum Gasteiger partial charge on any atom is -0.462 e. The summed E-state index contributed by atoms with van der Waals surface area (Å²) >= 11 is 0. The molecule has 1 atom stereocenters. The van der Waals surface area contributed by atoms with Gasteiger partial charge in [0.25, 0.3) is 0 Å². The van der Waals surface area contributed by atoms with E-state index in [1.807, 2.05) is 0 Å². The lowest BCUT2D eigenvalue weighted by molar-refractivity contribution is -0.163. The number of unbranched alkanes of at least 4 members (excludes halogenated alkanes) is 23. The molecule has 0 saturated carbocycles. The highest BCUT2D eigenvalue weighted by molar-refractivity contribution is 5.70. The van der Waals surface area contributed by atoms with Gasteiger partial charge in [-0.25, -0.2) is 0 Å². The van der Waals surface area contributed by atoms with Gasteiger partial charge in [0.1, 0.15) is 6.61 Å². The van der Waals surface area contributed by atoms with Gasteiger partial charge >= 0.3 is 11.9 Å². The van der Waals surface area contributed by atoms with E-state index in [9.17, 15) is 9.59 Å². The maximum Gasteiger partial charge on any atom is 0.306 e. The smallest absolute Gasteiger partial charge is 0.306 e. The molecule has 0 aromatic rings. The second kappa shape index (κ2) is 56.1. The van der Waals surface area contributed by atoms with Gasteiger partial charge in [-0.15, -0.1) is 0 Å². The summed E-state index contributed by atoms with van der Waals surface area (Å²) in [7, 11) is 0. The summed E-state index contributed by atoms with van der Waals surface area (Å²) in [6.07, 6.45) is 75.7. The van der Waals surface area contributed by atoms with Crippen LogP contribution in [0.5, 0.6) is 0 Å². The average Bonchev–Trinajstić information content (AvgIpc) is 3.32. The molecule has 5 heteroatoms. The maximum atomic E-state index is 12.8. The van der Waals surface area contributed by atoms with Gasteiger partial charge in [-0.1, -0.05) is 240 Å². The molecule has 0 spiro atoms. The first-order valence-corrected chi connectivity index (χ1v) is 27.8. The van der Waals surface area contributed by atoms with Crippen molar-refractivity contribution in [3.8, 4) is 0 Å². The number of allylic oxidation sites excluding steroid dienone is 16. The number of carbonyl (C=O) groups excluding carboxylic acids is 2. The van der Waals surface area contributed by atoms with E-state index in [2.05, 4.69) is 118 Å². The van der Waals surface area contributed by atoms with Crippen molar-refractivity contribution in [2.24, 2.45) is 0 Å². The summed E-state index contributed by atoms with van der Waals surface area (Å²) < 4.78 is 17.4. The Balaban J connectivity index is 4.37. The second-order valence-electron chi connectivity index (χ2n) is 18.1. The van der Waals surface area contributed by atoms with Crippen LogP contribution in [0.15, 0.2) is 97.2 Å². The third-order valence-corrected chi connectivity index (χ3v) is 11.6. The molecule has 0 rings (SSSR count). The normalized spacial score (nSPS) is 13.0. The van der Waals surface area contributed by atoms with Crippen LogP contribution in [0.25, 0.3) is 0 Å². The van der Waals surface area contributed by atoms with E-state index in [1.54, 1.807) is 0 Å². The van der Waals surface area contributed by atoms with Crippen molar-refractivity contribution in [2.45, 2.75) is 258 Å². The molecule has 0 aliphatic carbocycles. The fourth-order valence-electron chi connectivity index (χ4n) is 7.55. The molecule has 0 aliphatic rings. The van der Waals surface area contributed by atoms with E-state index in [1.165, 1.54) is 109 Å². The zero-order chi connectivity index (χ0) is 47.7. The second-order valence-corrected chi connectivity index (χ2v) is 18.1. The molecule has 0 N–H and O–H groups in total. The van der Waals surface area contributed by atoms with Gasteiger partial charge in [-0.3, -0.25) is 9.59 Å². The van der Waals surface area contributed by atoms with Gasteiger partial charge in [-0.2, -0.15) is 0 Å². The maximum absolute atomic E-state index is 12.8. The Hall–Kier alpha value is -3.18. The predicted octanol–water partition coefficient (Wildman–Crippen LogP) is 19.0. The van der Waals surface area contributed by atoms with Crippen molar-refractivity contribution in [3.05, 3.63) is 97.2 Å². The van der Waals surface area contributed by atoms with Crippen molar-refractivity contribution >= 4 is 11.9 Å². The lowest BCUT2D eigenvalue weighted by Crippen LogP contribution is -2.30. The van der Waals surface area contributed by atoms with Crippen LogP contribution in [-0.2, 0) is 23.8 Å². The van der Waals surface area contributed by atoms with E-state index in [-0.39, 0.29) is 25.2 Å². The SMILES string of the molecule is CC/C=C\C/C=C\C/C=C\C/C=C\C/C=C\CCCCOCC(COC(=O)CCCCCCCCC/C=C\C/C=C\C/C=C\CC)OC(=O)CCCCCCCCCCCCCCCCC. The zero-order valence-corrected chi connectivity index (χ0v) is 43.4. The first-order chi connectivity index (χ1) is 32.6. The quantitative estimate of drug-likeness (QED) is 0.0346. The van der Waals surface area contributed by atoms with Crippen molar-refractivity contribution in [1.82, 2.24) is 0 Å². The Labute approximate surface area is 409 Å². The molecule has 0 heterocycles. The minimum atomic E-state index is -0.567. The summed E-state index contributed by atoms with van der Waals surface area (Å²) in [5.41, 5.74) is 0. The summed E-state index contributed by atoms with van der Waals surface area (Å²) in [6.45, 7) is 7.51. The molecule has 0 aromatic heterocycles. The Morgan fingerprint density at radius 1 is 0.348 bits per heavy atom. The Morgan fingerprint density at radius 3 is 1.09 bits per heavy atom. The van der Waals surface area contributed by atoms with Crippen molar-refractivity contribution < 1.29 is 23.8 Å². The number of hydrogen-bond donors (Lipinski definition) is 0. The highest BCUT2D eigenvalue weighted by Crippen LogP contribution is 2.15. The summed E-state index contributed by atoms with van der Waals surface area (Å²) in [6, 6.07) is 0. The van der Waals surface area contributed by atoms with E-state index in [0.717, 1.165) is 109 Å². The van der Waals surface area contributed by atoms with Gasteiger partial charge < -0.3 is 14.2 Å². The van der Waals surface area contributed by atoms with Gasteiger partial charge in [0.2, 0.25) is 0 Å². The molecular formula is C61H104O5. The molecule has 0 fully saturated rings. The van der Waals surface area contributed by atoms with Gasteiger partial charge in [0.15, 0.2) is 6.10 Å². The molecule has 0 aliphatic heterocycles. The summed E-state index contributed by atoms with van der Waals surface area (Å²) in [4.78, 5) is 25.5. The minimum absolute atomic E-state index is 0.0600. The van der Waals surface area contributed by atoms with Crippen LogP contribution < -0.4 is 0 Å². The zero-order valence-electron chi connectivity index (χ0n) is 43.4. The number of carbonyl (C=O) groups is 2. The van der Waals surface area contributed by atoms with Crippen LogP contribution >= 0.6 is 0 Å². The fraction of sp³-hybridized carbons (Fsp3) is 0.705. The largest absolute Gasteiger partial charge is 0.462 e. The van der Waals surface area contributed by atoms with Crippen LogP contribution in [0.2, 0.25) is 0 Å². The molecule has 0 radical (unpaired) electrons. The topological polar surface area (TPSA) is 61.8 Å². The van der Waals surface area contributed by atoms with Crippen molar-refractivity contribution in [2.75, 3.05) is 19.8 Å². The highest BCUT2D eigenvalue weighted by atomic mass is 16.6. The van der Waals surface area contributed by atoms with E-state index in [0.29, 0.717) is 19.4 Å². The van der Waals surface area contributed by atoms with Crippen molar-refractivity contribution in [3.63, 3.8) is 0 Å². The lowest BCUT2D eigenvalue weighted by atomic mass is 10.0. The van der Waals surface area contributed by atoms with Gasteiger partial charge in [0.05, 0.1) is 6.61 Å². The van der Waals surface area contributed by atoms with Crippen molar-refractivity contribution in [1.29, 1.82) is 0 Å². The molecule has 0 bridgehead atoms. The lowest BCUT2D eigenvalue weighted by Gasteiger charge is -2.18. The van der Waals surface area contributed by atoms with Crippen LogP contribution in [0.4, 0.5) is 0 Å². The van der Waals surface area contributed by atoms with Gasteiger partial charge in [0, 0.05) is 19.4 Å². The number of esters is 2. The third kappa shape index (κ3) is 53.4. The van der Waals surface area contributed by atoms with E-state index >= 15 is 0 Å². The molecule has 66 heavy (non-hydrogen) atoms. The Morgan fingerprint density at radius 2 is 0.682 bits per heavy atom. The highest BCUT2D eigenvalue weighted by Gasteiger charge is 2.17. The molecule has 0 saturated heterocycles.